The molecule has 1 amide bonds. The molecule has 1 N–H and O–H groups in total. The van der Waals surface area contributed by atoms with E-state index in [1.165, 1.54) is 0 Å². The third kappa shape index (κ3) is 6.28. The van der Waals surface area contributed by atoms with E-state index in [1.807, 2.05) is 38.7 Å². The number of amides is 1. The van der Waals surface area contributed by atoms with Gasteiger partial charge in [-0.1, -0.05) is 40.9 Å². The van der Waals surface area contributed by atoms with Crippen LogP contribution in [0.15, 0.2) is 24.4 Å². The molecule has 1 fully saturated rings. The fourth-order valence-electron chi connectivity index (χ4n) is 3.16. The molecule has 1 atom stereocenters. The highest BCUT2D eigenvalue weighted by Gasteiger charge is 2.27. The van der Waals surface area contributed by atoms with Crippen LogP contribution in [-0.2, 0) is 4.74 Å². The lowest BCUT2D eigenvalue weighted by atomic mass is 10.1. The van der Waals surface area contributed by atoms with Crippen molar-refractivity contribution in [2.45, 2.75) is 39.3 Å². The Bertz CT molecular complexity index is 943. The van der Waals surface area contributed by atoms with Crippen LogP contribution in [0.2, 0.25) is 15.1 Å². The number of benzene rings is 1. The zero-order valence-electron chi connectivity index (χ0n) is 18.0. The molecular weight excluding hydrogens is 461 g/mol. The summed E-state index contributed by atoms with van der Waals surface area (Å²) < 4.78 is 5.45. The number of aromatic nitrogens is 2. The second-order valence-electron chi connectivity index (χ2n) is 8.35. The van der Waals surface area contributed by atoms with Gasteiger partial charge in [-0.05, 0) is 45.4 Å². The smallest absolute Gasteiger partial charge is 0.410 e. The summed E-state index contributed by atoms with van der Waals surface area (Å²) in [6, 6.07) is 5.22. The lowest BCUT2D eigenvalue weighted by Crippen LogP contribution is -2.50. The molecule has 1 aliphatic heterocycles. The van der Waals surface area contributed by atoms with Gasteiger partial charge in [0.25, 0.3) is 0 Å². The third-order valence-electron chi connectivity index (χ3n) is 4.73. The van der Waals surface area contributed by atoms with E-state index in [9.17, 15) is 4.79 Å². The van der Waals surface area contributed by atoms with Crippen molar-refractivity contribution in [3.8, 4) is 0 Å². The van der Waals surface area contributed by atoms with Crippen LogP contribution < -0.4 is 10.2 Å². The number of hydrogen-bond acceptors (Lipinski definition) is 6. The summed E-state index contributed by atoms with van der Waals surface area (Å²) in [5, 5.41) is 4.85. The van der Waals surface area contributed by atoms with Crippen molar-refractivity contribution in [1.29, 1.82) is 0 Å². The molecular formula is C21H26Cl3N5O2. The van der Waals surface area contributed by atoms with E-state index >= 15 is 0 Å². The van der Waals surface area contributed by atoms with Crippen LogP contribution in [0.3, 0.4) is 0 Å². The van der Waals surface area contributed by atoms with Crippen molar-refractivity contribution in [1.82, 2.24) is 14.9 Å². The van der Waals surface area contributed by atoms with Crippen LogP contribution in [-0.4, -0.2) is 52.7 Å². The number of nitrogens with one attached hydrogen (secondary N) is 1. The number of ether oxygens (including phenoxy) is 1. The van der Waals surface area contributed by atoms with E-state index in [2.05, 4.69) is 15.3 Å². The first-order valence-corrected chi connectivity index (χ1v) is 11.1. The minimum absolute atomic E-state index is 0.144. The molecule has 1 aliphatic rings. The summed E-state index contributed by atoms with van der Waals surface area (Å²) in [4.78, 5) is 25.0. The van der Waals surface area contributed by atoms with Crippen molar-refractivity contribution in [2.24, 2.45) is 0 Å². The summed E-state index contributed by atoms with van der Waals surface area (Å²) in [7, 11) is 0. The molecule has 0 bridgehead atoms. The summed E-state index contributed by atoms with van der Waals surface area (Å²) in [5.41, 5.74) is 0.367. The third-order valence-corrected chi connectivity index (χ3v) is 5.57. The number of carbonyl (C=O) groups is 1. The lowest BCUT2D eigenvalue weighted by molar-refractivity contribution is 0.0240. The molecule has 0 saturated carbocycles. The Hall–Kier alpha value is -1.96. The highest BCUT2D eigenvalue weighted by molar-refractivity contribution is 6.35. The van der Waals surface area contributed by atoms with Crippen LogP contribution in [0.4, 0.5) is 16.6 Å². The zero-order chi connectivity index (χ0) is 22.8. The Labute approximate surface area is 197 Å². The van der Waals surface area contributed by atoms with E-state index in [0.717, 1.165) is 5.56 Å². The van der Waals surface area contributed by atoms with E-state index in [1.54, 1.807) is 23.2 Å². The summed E-state index contributed by atoms with van der Waals surface area (Å²) in [6.07, 6.45) is 1.27. The van der Waals surface area contributed by atoms with Gasteiger partial charge in [0.1, 0.15) is 10.6 Å². The Morgan fingerprint density at radius 2 is 1.81 bits per heavy atom. The molecule has 0 spiro atoms. The van der Waals surface area contributed by atoms with Gasteiger partial charge < -0.3 is 19.9 Å². The highest BCUT2D eigenvalue weighted by atomic mass is 35.5. The quantitative estimate of drug-likeness (QED) is 0.600. The molecule has 0 unspecified atom stereocenters. The first-order chi connectivity index (χ1) is 14.5. The molecule has 1 aromatic carbocycles. The number of rotatable bonds is 4. The Morgan fingerprint density at radius 1 is 1.13 bits per heavy atom. The normalized spacial score (nSPS) is 15.6. The average molecular weight is 487 g/mol. The fraction of sp³-hybridized carbons (Fsp3) is 0.476. The molecule has 1 saturated heterocycles. The predicted molar refractivity (Wildman–Crippen MR) is 126 cm³/mol. The molecule has 31 heavy (non-hydrogen) atoms. The number of halogens is 3. The molecule has 10 heteroatoms. The Kier molecular flexibility index (Phi) is 7.39. The fourth-order valence-corrected chi connectivity index (χ4v) is 3.88. The van der Waals surface area contributed by atoms with Crippen molar-refractivity contribution in [3.63, 3.8) is 0 Å². The number of carbonyl (C=O) groups excluding carboxylic acids is 1. The van der Waals surface area contributed by atoms with Gasteiger partial charge in [-0.3, -0.25) is 0 Å². The van der Waals surface area contributed by atoms with Gasteiger partial charge >= 0.3 is 6.09 Å². The molecule has 2 aromatic rings. The van der Waals surface area contributed by atoms with Crippen molar-refractivity contribution >= 4 is 52.7 Å². The number of piperazine rings is 1. The molecule has 3 rings (SSSR count). The molecule has 0 radical (unpaired) electrons. The standard InChI is InChI=1S/C21H26Cl3N5O2/c1-13(15-6-5-14(22)11-16(15)23)26-18-17(24)12-25-19(27-18)28-7-9-29(10-8-28)20(30)31-21(2,3)4/h5-6,11-13H,7-10H2,1-4H3,(H,25,26,27)/t13-/m1/s1. The first-order valence-electron chi connectivity index (χ1n) is 10.0. The average Bonchev–Trinajstić information content (AvgIpc) is 2.68. The number of nitrogens with zero attached hydrogens (tertiary/aromatic N) is 4. The summed E-state index contributed by atoms with van der Waals surface area (Å²) in [6.45, 7) is 9.78. The van der Waals surface area contributed by atoms with Crippen molar-refractivity contribution < 1.29 is 9.53 Å². The number of anilines is 2. The maximum atomic E-state index is 12.3. The van der Waals surface area contributed by atoms with Crippen molar-refractivity contribution in [3.05, 3.63) is 45.0 Å². The Balaban J connectivity index is 1.67. The zero-order valence-corrected chi connectivity index (χ0v) is 20.2. The largest absolute Gasteiger partial charge is 0.444 e. The van der Waals surface area contributed by atoms with Crippen LogP contribution in [0.1, 0.15) is 39.3 Å². The molecule has 1 aromatic heterocycles. The van der Waals surface area contributed by atoms with Gasteiger partial charge in [0, 0.05) is 36.2 Å². The second-order valence-corrected chi connectivity index (χ2v) is 9.60. The maximum absolute atomic E-state index is 12.3. The Morgan fingerprint density at radius 3 is 2.42 bits per heavy atom. The van der Waals surface area contributed by atoms with E-state index in [0.29, 0.717) is 53.0 Å². The minimum atomic E-state index is -0.516. The topological polar surface area (TPSA) is 70.6 Å². The van der Waals surface area contributed by atoms with Gasteiger partial charge in [0.2, 0.25) is 5.95 Å². The van der Waals surface area contributed by atoms with Crippen molar-refractivity contribution in [2.75, 3.05) is 36.4 Å². The first kappa shape index (κ1) is 23.7. The molecule has 0 aliphatic carbocycles. The van der Waals surface area contributed by atoms with E-state index in [4.69, 9.17) is 39.5 Å². The monoisotopic (exact) mass is 485 g/mol. The lowest BCUT2D eigenvalue weighted by Gasteiger charge is -2.35. The van der Waals surface area contributed by atoms with Gasteiger partial charge in [-0.25, -0.2) is 9.78 Å². The van der Waals surface area contributed by atoms with Gasteiger partial charge in [-0.15, -0.1) is 0 Å². The number of hydrogen-bond donors (Lipinski definition) is 1. The van der Waals surface area contributed by atoms with E-state index < -0.39 is 5.60 Å². The second kappa shape index (κ2) is 9.67. The van der Waals surface area contributed by atoms with Gasteiger partial charge in [0.15, 0.2) is 5.82 Å². The van der Waals surface area contributed by atoms with Crippen LogP contribution >= 0.6 is 34.8 Å². The maximum Gasteiger partial charge on any atom is 0.410 e. The highest BCUT2D eigenvalue weighted by Crippen LogP contribution is 2.30. The van der Waals surface area contributed by atoms with E-state index in [-0.39, 0.29) is 12.1 Å². The molecule has 2 heterocycles. The van der Waals surface area contributed by atoms with Crippen LogP contribution in [0.25, 0.3) is 0 Å². The van der Waals surface area contributed by atoms with Crippen LogP contribution in [0.5, 0.6) is 0 Å². The molecule has 7 nitrogen and oxygen atoms in total. The minimum Gasteiger partial charge on any atom is -0.444 e. The van der Waals surface area contributed by atoms with Gasteiger partial charge in [-0.2, -0.15) is 4.98 Å². The summed E-state index contributed by atoms with van der Waals surface area (Å²) >= 11 is 18.6. The summed E-state index contributed by atoms with van der Waals surface area (Å²) in [5.74, 6) is 1.06. The molecule has 168 valence electrons. The van der Waals surface area contributed by atoms with Gasteiger partial charge in [0.05, 0.1) is 12.2 Å². The van der Waals surface area contributed by atoms with Crippen LogP contribution in [0, 0.1) is 0 Å². The predicted octanol–water partition coefficient (Wildman–Crippen LogP) is 5.67. The SMILES string of the molecule is C[C@@H](Nc1nc(N2CCN(C(=O)OC(C)(C)C)CC2)ncc1Cl)c1ccc(Cl)cc1Cl.